The smallest absolute Gasteiger partial charge is 0.193 e. The minimum Gasteiger partial charge on any atom is -0.289 e. The summed E-state index contributed by atoms with van der Waals surface area (Å²) in [6, 6.07) is 22.7. The minimum atomic E-state index is 0.156. The Morgan fingerprint density at radius 1 is 0.682 bits per heavy atom. The molecule has 5 rings (SSSR count). The number of carbonyl (C=O) groups excluding carboxylic acids is 1. The molecule has 3 aromatic carbocycles. The molecule has 0 fully saturated rings. The highest BCUT2D eigenvalue weighted by Crippen LogP contribution is 2.52. The van der Waals surface area contributed by atoms with Crippen LogP contribution in [0.15, 0.2) is 76.5 Å². The number of hydrogen-bond donors (Lipinski definition) is 0. The van der Waals surface area contributed by atoms with Crippen molar-refractivity contribution in [3.63, 3.8) is 0 Å². The fourth-order valence-electron chi connectivity index (χ4n) is 3.64. The number of ketones is 1. The summed E-state index contributed by atoms with van der Waals surface area (Å²) >= 11 is 1.77. The number of fused-ring (bicyclic) bond motifs is 4. The first-order valence-corrected chi connectivity index (χ1v) is 8.19. The molecule has 0 N–H and O–H groups in total. The molecule has 1 heterocycles. The van der Waals surface area contributed by atoms with Crippen molar-refractivity contribution in [2.75, 3.05) is 0 Å². The molecule has 104 valence electrons. The van der Waals surface area contributed by atoms with Gasteiger partial charge < -0.3 is 0 Å². The van der Waals surface area contributed by atoms with Gasteiger partial charge in [-0.05, 0) is 28.8 Å². The molecule has 0 bridgehead atoms. The number of hydrogen-bond acceptors (Lipinski definition) is 2. The number of benzene rings is 3. The van der Waals surface area contributed by atoms with Crippen molar-refractivity contribution < 1.29 is 4.79 Å². The van der Waals surface area contributed by atoms with Crippen LogP contribution < -0.4 is 0 Å². The quantitative estimate of drug-likeness (QED) is 0.405. The van der Waals surface area contributed by atoms with Crippen LogP contribution in [0.3, 0.4) is 0 Å². The van der Waals surface area contributed by atoms with Crippen LogP contribution in [-0.4, -0.2) is 5.78 Å². The summed E-state index contributed by atoms with van der Waals surface area (Å²) in [5, 5.41) is 0. The summed E-state index contributed by atoms with van der Waals surface area (Å²) in [6.45, 7) is 0. The Hall–Kier alpha value is -2.32. The second-order valence-corrected chi connectivity index (χ2v) is 6.79. The fourth-order valence-corrected chi connectivity index (χ4v) is 4.81. The molecule has 0 aromatic heterocycles. The zero-order valence-corrected chi connectivity index (χ0v) is 12.6. The van der Waals surface area contributed by atoms with E-state index in [0.717, 1.165) is 16.7 Å². The molecule has 0 radical (unpaired) electrons. The fraction of sp³-hybridized carbons (Fsp3) is 0.0500. The second kappa shape index (κ2) is 4.34. The van der Waals surface area contributed by atoms with Crippen molar-refractivity contribution in [2.45, 2.75) is 15.7 Å². The molecule has 0 saturated heterocycles. The summed E-state index contributed by atoms with van der Waals surface area (Å²) in [5.74, 6) is 0.334. The first-order chi connectivity index (χ1) is 10.8. The lowest BCUT2D eigenvalue weighted by Gasteiger charge is -2.34. The van der Waals surface area contributed by atoms with E-state index in [1.807, 2.05) is 30.3 Å². The predicted molar refractivity (Wildman–Crippen MR) is 87.8 cm³/mol. The Kier molecular flexibility index (Phi) is 2.42. The van der Waals surface area contributed by atoms with E-state index in [9.17, 15) is 4.79 Å². The Morgan fingerprint density at radius 3 is 2.27 bits per heavy atom. The lowest BCUT2D eigenvalue weighted by atomic mass is 9.74. The van der Waals surface area contributed by atoms with Gasteiger partial charge in [-0.3, -0.25) is 4.79 Å². The predicted octanol–water partition coefficient (Wildman–Crippen LogP) is 4.88. The van der Waals surface area contributed by atoms with Crippen LogP contribution in [-0.2, 0) is 0 Å². The van der Waals surface area contributed by atoms with Gasteiger partial charge in [-0.15, -0.1) is 0 Å². The number of carbonyl (C=O) groups is 1. The van der Waals surface area contributed by atoms with Gasteiger partial charge in [0.2, 0.25) is 0 Å². The first-order valence-electron chi connectivity index (χ1n) is 7.38. The molecular formula is C20H12OS. The molecule has 0 saturated carbocycles. The lowest BCUT2D eigenvalue weighted by molar-refractivity contribution is 0.103. The van der Waals surface area contributed by atoms with Crippen molar-refractivity contribution in [2.24, 2.45) is 0 Å². The summed E-state index contributed by atoms with van der Waals surface area (Å²) in [7, 11) is 0. The van der Waals surface area contributed by atoms with Crippen molar-refractivity contribution >= 4 is 17.5 Å². The van der Waals surface area contributed by atoms with E-state index in [4.69, 9.17) is 0 Å². The molecule has 0 amide bonds. The van der Waals surface area contributed by atoms with Crippen LogP contribution >= 0.6 is 11.8 Å². The maximum Gasteiger partial charge on any atom is 0.193 e. The highest BCUT2D eigenvalue weighted by Gasteiger charge is 2.37. The Labute approximate surface area is 133 Å². The zero-order valence-electron chi connectivity index (χ0n) is 11.7. The first kappa shape index (κ1) is 12.2. The van der Waals surface area contributed by atoms with Crippen LogP contribution in [0, 0.1) is 0 Å². The minimum absolute atomic E-state index is 0.156. The van der Waals surface area contributed by atoms with Crippen molar-refractivity contribution in [3.05, 3.63) is 94.5 Å². The molecule has 1 aliphatic heterocycles. The third kappa shape index (κ3) is 1.48. The second-order valence-electron chi connectivity index (χ2n) is 5.71. The SMILES string of the molecule is O=C1c2ccccc2[C@H]2c3ccccc3Sc3cccc1c32. The van der Waals surface area contributed by atoms with Crippen molar-refractivity contribution in [1.29, 1.82) is 0 Å². The van der Waals surface area contributed by atoms with Crippen molar-refractivity contribution in [3.8, 4) is 0 Å². The van der Waals surface area contributed by atoms with Gasteiger partial charge in [0.1, 0.15) is 0 Å². The topological polar surface area (TPSA) is 17.1 Å². The summed E-state index contributed by atoms with van der Waals surface area (Å²) < 4.78 is 0. The molecule has 2 aliphatic rings. The van der Waals surface area contributed by atoms with Gasteiger partial charge in [0.15, 0.2) is 5.78 Å². The van der Waals surface area contributed by atoms with Crippen LogP contribution in [0.1, 0.15) is 38.5 Å². The standard InChI is InChI=1S/C20H12OS/c21-20-13-7-2-1-6-12(13)18-14-8-3-4-10-16(14)22-17-11-5-9-15(20)19(17)18/h1-11,18H/t18-/m0/s1. The molecule has 1 aliphatic carbocycles. The van der Waals surface area contributed by atoms with Crippen LogP contribution in [0.25, 0.3) is 0 Å². The lowest BCUT2D eigenvalue weighted by Crippen LogP contribution is -2.23. The maximum atomic E-state index is 12.8. The molecule has 0 spiro atoms. The largest absolute Gasteiger partial charge is 0.289 e. The summed E-state index contributed by atoms with van der Waals surface area (Å²) in [6.07, 6.45) is 0. The van der Waals surface area contributed by atoms with Gasteiger partial charge in [-0.1, -0.05) is 66.4 Å². The zero-order chi connectivity index (χ0) is 14.7. The van der Waals surface area contributed by atoms with Crippen LogP contribution in [0.2, 0.25) is 0 Å². The van der Waals surface area contributed by atoms with E-state index in [-0.39, 0.29) is 11.7 Å². The van der Waals surface area contributed by atoms with Gasteiger partial charge in [0, 0.05) is 26.8 Å². The molecule has 22 heavy (non-hydrogen) atoms. The molecule has 0 unspecified atom stereocenters. The van der Waals surface area contributed by atoms with E-state index < -0.39 is 0 Å². The monoisotopic (exact) mass is 300 g/mol. The normalized spacial score (nSPS) is 17.5. The van der Waals surface area contributed by atoms with E-state index in [1.165, 1.54) is 20.9 Å². The summed E-state index contributed by atoms with van der Waals surface area (Å²) in [4.78, 5) is 15.4. The number of rotatable bonds is 0. The molecule has 2 heteroatoms. The third-order valence-electron chi connectivity index (χ3n) is 4.57. The van der Waals surface area contributed by atoms with Gasteiger partial charge in [0.05, 0.1) is 0 Å². The summed E-state index contributed by atoms with van der Waals surface area (Å²) in [5.41, 5.74) is 5.35. The molecular weight excluding hydrogens is 288 g/mol. The average Bonchev–Trinajstić information content (AvgIpc) is 2.58. The van der Waals surface area contributed by atoms with Gasteiger partial charge in [-0.2, -0.15) is 0 Å². The van der Waals surface area contributed by atoms with E-state index in [1.54, 1.807) is 11.8 Å². The van der Waals surface area contributed by atoms with E-state index in [2.05, 4.69) is 36.4 Å². The molecule has 3 aromatic rings. The Bertz CT molecular complexity index is 942. The van der Waals surface area contributed by atoms with E-state index >= 15 is 0 Å². The average molecular weight is 300 g/mol. The maximum absolute atomic E-state index is 12.8. The molecule has 1 nitrogen and oxygen atoms in total. The highest BCUT2D eigenvalue weighted by atomic mass is 32.2. The van der Waals surface area contributed by atoms with Gasteiger partial charge in [0.25, 0.3) is 0 Å². The third-order valence-corrected chi connectivity index (χ3v) is 5.73. The van der Waals surface area contributed by atoms with Crippen LogP contribution in [0.4, 0.5) is 0 Å². The Balaban J connectivity index is 1.92. The van der Waals surface area contributed by atoms with Gasteiger partial charge >= 0.3 is 0 Å². The molecule has 1 atom stereocenters. The van der Waals surface area contributed by atoms with E-state index in [0.29, 0.717) is 0 Å². The Morgan fingerprint density at radius 2 is 1.36 bits per heavy atom. The van der Waals surface area contributed by atoms with Crippen LogP contribution in [0.5, 0.6) is 0 Å². The van der Waals surface area contributed by atoms with Crippen molar-refractivity contribution in [1.82, 2.24) is 0 Å². The highest BCUT2D eigenvalue weighted by molar-refractivity contribution is 7.99. The van der Waals surface area contributed by atoms with Gasteiger partial charge in [-0.25, -0.2) is 0 Å².